The lowest BCUT2D eigenvalue weighted by molar-refractivity contribution is 0.103. The largest absolute Gasteiger partial charge is 0.497 e. The van der Waals surface area contributed by atoms with Crippen LogP contribution in [0.5, 0.6) is 5.75 Å². The fraction of sp³-hybridized carbons (Fsp3) is 0.0625. The molecule has 0 atom stereocenters. The van der Waals surface area contributed by atoms with Crippen LogP contribution in [0.4, 0.5) is 5.69 Å². The standard InChI is InChI=1S/C16H13ClN2O2/c1-21-11-4-2-3-9(7-11)16(20)15-14(18)12-6-5-10(17)8-13(12)19-15/h2-8,19H,18H2,1H3. The lowest BCUT2D eigenvalue weighted by Crippen LogP contribution is -2.05. The second-order valence-corrected chi connectivity index (χ2v) is 5.10. The number of benzene rings is 2. The highest BCUT2D eigenvalue weighted by Crippen LogP contribution is 2.29. The predicted octanol–water partition coefficient (Wildman–Crippen LogP) is 3.64. The molecule has 0 aliphatic rings. The van der Waals surface area contributed by atoms with Crippen LogP contribution in [0.1, 0.15) is 16.1 Å². The molecule has 0 amide bonds. The molecule has 0 aliphatic heterocycles. The average Bonchev–Trinajstić information content (AvgIpc) is 2.83. The summed E-state index contributed by atoms with van der Waals surface area (Å²) in [5.74, 6) is 0.442. The van der Waals surface area contributed by atoms with E-state index in [9.17, 15) is 4.79 Å². The summed E-state index contributed by atoms with van der Waals surface area (Å²) in [4.78, 5) is 15.6. The molecule has 5 heteroatoms. The zero-order valence-corrected chi connectivity index (χ0v) is 12.1. The summed E-state index contributed by atoms with van der Waals surface area (Å²) in [5.41, 5.74) is 8.11. The van der Waals surface area contributed by atoms with Gasteiger partial charge in [-0.3, -0.25) is 4.79 Å². The van der Waals surface area contributed by atoms with E-state index >= 15 is 0 Å². The molecule has 0 aliphatic carbocycles. The number of H-pyrrole nitrogens is 1. The molecule has 3 aromatic rings. The number of methoxy groups -OCH3 is 1. The van der Waals surface area contributed by atoms with Crippen LogP contribution in [0, 0.1) is 0 Å². The van der Waals surface area contributed by atoms with Crippen molar-refractivity contribution in [1.29, 1.82) is 0 Å². The topological polar surface area (TPSA) is 68.1 Å². The molecule has 2 aromatic carbocycles. The highest BCUT2D eigenvalue weighted by molar-refractivity contribution is 6.31. The van der Waals surface area contributed by atoms with Gasteiger partial charge < -0.3 is 15.5 Å². The van der Waals surface area contributed by atoms with E-state index in [1.807, 2.05) is 0 Å². The number of rotatable bonds is 3. The quantitative estimate of drug-likeness (QED) is 0.726. The van der Waals surface area contributed by atoms with Crippen molar-refractivity contribution in [3.63, 3.8) is 0 Å². The van der Waals surface area contributed by atoms with Crippen LogP contribution in [-0.4, -0.2) is 17.9 Å². The Morgan fingerprint density at radius 1 is 1.24 bits per heavy atom. The molecule has 0 bridgehead atoms. The fourth-order valence-electron chi connectivity index (χ4n) is 2.28. The Labute approximate surface area is 126 Å². The summed E-state index contributed by atoms with van der Waals surface area (Å²) >= 11 is 5.95. The molecular formula is C16H13ClN2O2. The Morgan fingerprint density at radius 3 is 2.81 bits per heavy atom. The Bertz CT molecular complexity index is 839. The Hall–Kier alpha value is -2.46. The molecule has 0 saturated carbocycles. The van der Waals surface area contributed by atoms with Crippen molar-refractivity contribution >= 4 is 34.0 Å². The number of hydrogen-bond donors (Lipinski definition) is 2. The van der Waals surface area contributed by atoms with Gasteiger partial charge in [-0.25, -0.2) is 0 Å². The summed E-state index contributed by atoms with van der Waals surface area (Å²) in [6.45, 7) is 0. The monoisotopic (exact) mass is 300 g/mol. The predicted molar refractivity (Wildman–Crippen MR) is 84.1 cm³/mol. The molecule has 0 spiro atoms. The molecule has 0 fully saturated rings. The number of carbonyl (C=O) groups is 1. The summed E-state index contributed by atoms with van der Waals surface area (Å²) in [6.07, 6.45) is 0. The van der Waals surface area contributed by atoms with E-state index in [1.165, 1.54) is 0 Å². The van der Waals surface area contributed by atoms with E-state index in [4.69, 9.17) is 22.1 Å². The maximum absolute atomic E-state index is 12.6. The van der Waals surface area contributed by atoms with Gasteiger partial charge >= 0.3 is 0 Å². The highest BCUT2D eigenvalue weighted by atomic mass is 35.5. The van der Waals surface area contributed by atoms with Gasteiger partial charge in [0.15, 0.2) is 0 Å². The first-order valence-corrected chi connectivity index (χ1v) is 6.73. The number of aromatic amines is 1. The fourth-order valence-corrected chi connectivity index (χ4v) is 2.45. The van der Waals surface area contributed by atoms with E-state index < -0.39 is 0 Å². The van der Waals surface area contributed by atoms with Gasteiger partial charge in [0.25, 0.3) is 0 Å². The van der Waals surface area contributed by atoms with Crippen molar-refractivity contribution in [2.75, 3.05) is 12.8 Å². The lowest BCUT2D eigenvalue weighted by atomic mass is 10.1. The molecule has 3 N–H and O–H groups in total. The number of halogens is 1. The van der Waals surface area contributed by atoms with E-state index in [0.29, 0.717) is 27.7 Å². The molecule has 4 nitrogen and oxygen atoms in total. The molecule has 1 aromatic heterocycles. The van der Waals surface area contributed by atoms with E-state index in [-0.39, 0.29) is 5.78 Å². The number of nitrogens with one attached hydrogen (secondary N) is 1. The molecule has 21 heavy (non-hydrogen) atoms. The number of anilines is 1. The van der Waals surface area contributed by atoms with Gasteiger partial charge in [-0.1, -0.05) is 23.7 Å². The molecule has 1 heterocycles. The van der Waals surface area contributed by atoms with E-state index in [2.05, 4.69) is 4.98 Å². The van der Waals surface area contributed by atoms with E-state index in [1.54, 1.807) is 49.6 Å². The zero-order chi connectivity index (χ0) is 15.0. The minimum Gasteiger partial charge on any atom is -0.497 e. The van der Waals surface area contributed by atoms with Crippen LogP contribution >= 0.6 is 11.6 Å². The normalized spacial score (nSPS) is 10.8. The van der Waals surface area contributed by atoms with Crippen LogP contribution in [0.25, 0.3) is 10.9 Å². The maximum Gasteiger partial charge on any atom is 0.211 e. The number of aromatic nitrogens is 1. The smallest absolute Gasteiger partial charge is 0.211 e. The highest BCUT2D eigenvalue weighted by Gasteiger charge is 2.17. The van der Waals surface area contributed by atoms with Crippen molar-refractivity contribution in [3.8, 4) is 5.75 Å². The first-order chi connectivity index (χ1) is 10.1. The number of carbonyl (C=O) groups excluding carboxylic acids is 1. The van der Waals surface area contributed by atoms with Crippen molar-refractivity contribution in [1.82, 2.24) is 4.98 Å². The van der Waals surface area contributed by atoms with Crippen LogP contribution in [0.15, 0.2) is 42.5 Å². The van der Waals surface area contributed by atoms with Crippen LogP contribution in [-0.2, 0) is 0 Å². The van der Waals surface area contributed by atoms with Crippen LogP contribution in [0.3, 0.4) is 0 Å². The maximum atomic E-state index is 12.6. The minimum atomic E-state index is -0.182. The molecule has 0 radical (unpaired) electrons. The van der Waals surface area contributed by atoms with Gasteiger partial charge in [-0.2, -0.15) is 0 Å². The summed E-state index contributed by atoms with van der Waals surface area (Å²) in [7, 11) is 1.56. The van der Waals surface area contributed by atoms with Crippen molar-refractivity contribution in [3.05, 3.63) is 58.7 Å². The number of fused-ring (bicyclic) bond motifs is 1. The molecule has 3 rings (SSSR count). The van der Waals surface area contributed by atoms with Crippen LogP contribution in [0.2, 0.25) is 5.02 Å². The second-order valence-electron chi connectivity index (χ2n) is 4.66. The van der Waals surface area contributed by atoms with Gasteiger partial charge in [0.2, 0.25) is 5.78 Å². The molecular weight excluding hydrogens is 288 g/mol. The zero-order valence-electron chi connectivity index (χ0n) is 11.3. The summed E-state index contributed by atoms with van der Waals surface area (Å²) in [5, 5.41) is 1.37. The second kappa shape index (κ2) is 5.14. The van der Waals surface area contributed by atoms with Crippen LogP contribution < -0.4 is 10.5 Å². The SMILES string of the molecule is COc1cccc(C(=O)c2[nH]c3cc(Cl)ccc3c2N)c1. The van der Waals surface area contributed by atoms with Gasteiger partial charge in [0.05, 0.1) is 12.8 Å². The molecule has 106 valence electrons. The third kappa shape index (κ3) is 2.34. The van der Waals surface area contributed by atoms with Gasteiger partial charge in [-0.05, 0) is 30.3 Å². The number of hydrogen-bond acceptors (Lipinski definition) is 3. The Balaban J connectivity index is 2.11. The van der Waals surface area contributed by atoms with Gasteiger partial charge in [-0.15, -0.1) is 0 Å². The number of ether oxygens (including phenoxy) is 1. The third-order valence-corrected chi connectivity index (χ3v) is 3.59. The van der Waals surface area contributed by atoms with Crippen molar-refractivity contribution in [2.45, 2.75) is 0 Å². The Morgan fingerprint density at radius 2 is 2.05 bits per heavy atom. The number of nitrogens with two attached hydrogens (primary N) is 1. The van der Waals surface area contributed by atoms with Gasteiger partial charge in [0.1, 0.15) is 11.4 Å². The van der Waals surface area contributed by atoms with Gasteiger partial charge in [0, 0.05) is 21.5 Å². The van der Waals surface area contributed by atoms with Crippen molar-refractivity contribution < 1.29 is 9.53 Å². The molecule has 0 saturated heterocycles. The summed E-state index contributed by atoms with van der Waals surface area (Å²) < 4.78 is 5.13. The first-order valence-electron chi connectivity index (χ1n) is 6.35. The van der Waals surface area contributed by atoms with Crippen molar-refractivity contribution in [2.24, 2.45) is 0 Å². The lowest BCUT2D eigenvalue weighted by Gasteiger charge is -2.03. The number of nitrogen functional groups attached to an aromatic ring is 1. The molecule has 0 unspecified atom stereocenters. The number of ketones is 1. The average molecular weight is 301 g/mol. The third-order valence-electron chi connectivity index (χ3n) is 3.36. The minimum absolute atomic E-state index is 0.182. The summed E-state index contributed by atoms with van der Waals surface area (Å²) in [6, 6.07) is 12.2. The first kappa shape index (κ1) is 13.5. The Kier molecular flexibility index (Phi) is 3.31. The van der Waals surface area contributed by atoms with E-state index in [0.717, 1.165) is 10.9 Å².